The fourth-order valence-electron chi connectivity index (χ4n) is 4.69. The van der Waals surface area contributed by atoms with Crippen molar-refractivity contribution in [3.8, 4) is 5.75 Å². The molecule has 0 saturated carbocycles. The van der Waals surface area contributed by atoms with E-state index >= 15 is 0 Å². The maximum atomic E-state index is 13.3. The van der Waals surface area contributed by atoms with E-state index in [0.29, 0.717) is 29.0 Å². The molecule has 1 fully saturated rings. The molecule has 40 heavy (non-hydrogen) atoms. The molecule has 0 spiro atoms. The largest absolute Gasteiger partial charge is 0.507 e. The van der Waals surface area contributed by atoms with Gasteiger partial charge in [-0.25, -0.2) is 0 Å². The summed E-state index contributed by atoms with van der Waals surface area (Å²) in [6, 6.07) is 22.7. The van der Waals surface area contributed by atoms with E-state index in [-0.39, 0.29) is 23.6 Å². The number of hydrogen-bond acceptors (Lipinski definition) is 7. The number of carbonyl (C=O) groups is 2. The van der Waals surface area contributed by atoms with Gasteiger partial charge in [-0.15, -0.1) is 0 Å². The Morgan fingerprint density at radius 1 is 1.00 bits per heavy atom. The van der Waals surface area contributed by atoms with Crippen LogP contribution in [0.15, 0.2) is 103 Å². The zero-order valence-electron chi connectivity index (χ0n) is 21.6. The molecular formula is C31H25N3O6. The zero-order chi connectivity index (χ0) is 28.2. The number of Topliss-reactive ketones (excluding diaryl/α,β-unsaturated/α-hetero) is 1. The minimum Gasteiger partial charge on any atom is -0.507 e. The lowest BCUT2D eigenvalue weighted by molar-refractivity contribution is -0.384. The van der Waals surface area contributed by atoms with Crippen LogP contribution in [0.2, 0.25) is 0 Å². The third-order valence-electron chi connectivity index (χ3n) is 6.65. The lowest BCUT2D eigenvalue weighted by atomic mass is 9.95. The van der Waals surface area contributed by atoms with Gasteiger partial charge in [-0.05, 0) is 66.1 Å². The minimum atomic E-state index is -0.960. The highest BCUT2D eigenvalue weighted by Crippen LogP contribution is 2.40. The molecular weight excluding hydrogens is 510 g/mol. The van der Waals surface area contributed by atoms with Crippen molar-refractivity contribution in [3.05, 3.63) is 141 Å². The van der Waals surface area contributed by atoms with Gasteiger partial charge in [0.1, 0.15) is 18.1 Å². The molecule has 1 atom stereocenters. The van der Waals surface area contributed by atoms with E-state index in [9.17, 15) is 24.8 Å². The first-order valence-corrected chi connectivity index (χ1v) is 12.5. The minimum absolute atomic E-state index is 0.0581. The van der Waals surface area contributed by atoms with Crippen molar-refractivity contribution in [3.63, 3.8) is 0 Å². The summed E-state index contributed by atoms with van der Waals surface area (Å²) in [6.07, 6.45) is 3.18. The van der Waals surface area contributed by atoms with Crippen molar-refractivity contribution in [2.75, 3.05) is 0 Å². The van der Waals surface area contributed by atoms with Crippen LogP contribution in [0.4, 0.5) is 5.69 Å². The van der Waals surface area contributed by atoms with Crippen molar-refractivity contribution in [2.24, 2.45) is 0 Å². The van der Waals surface area contributed by atoms with Gasteiger partial charge in [0.15, 0.2) is 0 Å². The molecule has 1 aromatic heterocycles. The topological polar surface area (TPSA) is 123 Å². The highest BCUT2D eigenvalue weighted by molar-refractivity contribution is 6.46. The Kier molecular flexibility index (Phi) is 7.37. The number of hydrogen-bond donors (Lipinski definition) is 1. The molecule has 1 aliphatic rings. The lowest BCUT2D eigenvalue weighted by Gasteiger charge is -2.25. The van der Waals surface area contributed by atoms with Crippen LogP contribution in [-0.4, -0.2) is 31.6 Å². The second-order valence-electron chi connectivity index (χ2n) is 9.44. The zero-order valence-corrected chi connectivity index (χ0v) is 21.6. The number of rotatable bonds is 8. The summed E-state index contributed by atoms with van der Waals surface area (Å²) in [6.45, 7) is 2.43. The lowest BCUT2D eigenvalue weighted by Crippen LogP contribution is -2.29. The van der Waals surface area contributed by atoms with Crippen LogP contribution >= 0.6 is 0 Å². The van der Waals surface area contributed by atoms with E-state index in [2.05, 4.69) is 4.98 Å². The Hall–Kier alpha value is -5.31. The standard InChI is InChI=1S/C31H25N3O6/c1-20-4-2-5-21(16-20)19-40-26-13-9-24(10-14-26)29(35)27-28(23-7-11-25(12-8-23)34(38)39)33(31(37)30(27)36)18-22-6-3-15-32-17-22/h2-17,28,35H,18-19H2,1H3/b29-27+/t28-/m0/s1. The number of carbonyl (C=O) groups excluding carboxylic acids is 2. The van der Waals surface area contributed by atoms with Gasteiger partial charge in [0.05, 0.1) is 16.5 Å². The molecule has 200 valence electrons. The molecule has 9 heteroatoms. The van der Waals surface area contributed by atoms with Gasteiger partial charge in [0.2, 0.25) is 0 Å². The Bertz CT molecular complexity index is 1600. The van der Waals surface area contributed by atoms with E-state index in [0.717, 1.165) is 11.1 Å². The molecule has 2 heterocycles. The first-order chi connectivity index (χ1) is 19.3. The summed E-state index contributed by atoms with van der Waals surface area (Å²) < 4.78 is 5.86. The van der Waals surface area contributed by atoms with Crippen molar-refractivity contribution < 1.29 is 24.4 Å². The van der Waals surface area contributed by atoms with Crippen LogP contribution in [0.5, 0.6) is 5.75 Å². The van der Waals surface area contributed by atoms with Crippen molar-refractivity contribution in [1.82, 2.24) is 9.88 Å². The van der Waals surface area contributed by atoms with Crippen LogP contribution in [0.1, 0.15) is 33.9 Å². The predicted molar refractivity (Wildman–Crippen MR) is 147 cm³/mol. The summed E-state index contributed by atoms with van der Waals surface area (Å²) in [4.78, 5) is 42.5. The number of aryl methyl sites for hydroxylation is 1. The number of ketones is 1. The number of aromatic nitrogens is 1. The highest BCUT2D eigenvalue weighted by Gasteiger charge is 2.46. The monoisotopic (exact) mass is 535 g/mol. The molecule has 1 saturated heterocycles. The van der Waals surface area contributed by atoms with Crippen molar-refractivity contribution in [2.45, 2.75) is 26.1 Å². The summed E-state index contributed by atoms with van der Waals surface area (Å²) in [7, 11) is 0. The van der Waals surface area contributed by atoms with Gasteiger partial charge in [-0.1, -0.05) is 35.9 Å². The number of aliphatic hydroxyl groups excluding tert-OH is 1. The molecule has 1 amide bonds. The maximum absolute atomic E-state index is 13.3. The fraction of sp³-hybridized carbons (Fsp3) is 0.129. The van der Waals surface area contributed by atoms with Gasteiger partial charge in [0, 0.05) is 36.6 Å². The number of ether oxygens (including phenoxy) is 1. The maximum Gasteiger partial charge on any atom is 0.295 e. The molecule has 5 rings (SSSR count). The Morgan fingerprint density at radius 3 is 2.38 bits per heavy atom. The molecule has 1 N–H and O–H groups in total. The number of pyridine rings is 1. The summed E-state index contributed by atoms with van der Waals surface area (Å²) in [5.74, 6) is -1.40. The number of likely N-dealkylation sites (tertiary alicyclic amines) is 1. The van der Waals surface area contributed by atoms with Gasteiger partial charge in [-0.3, -0.25) is 24.7 Å². The van der Waals surface area contributed by atoms with E-state index in [1.165, 1.54) is 29.2 Å². The van der Waals surface area contributed by atoms with Crippen molar-refractivity contribution >= 4 is 23.1 Å². The quantitative estimate of drug-likeness (QED) is 0.104. The third kappa shape index (κ3) is 5.44. The van der Waals surface area contributed by atoms with Crippen LogP contribution in [0.25, 0.3) is 5.76 Å². The van der Waals surface area contributed by atoms with E-state index in [1.54, 1.807) is 48.8 Å². The average Bonchev–Trinajstić information content (AvgIpc) is 3.21. The summed E-state index contributed by atoms with van der Waals surface area (Å²) in [5.41, 5.74) is 3.38. The number of non-ortho nitro benzene ring substituents is 1. The summed E-state index contributed by atoms with van der Waals surface area (Å²) >= 11 is 0. The van der Waals surface area contributed by atoms with Gasteiger partial charge in [-0.2, -0.15) is 0 Å². The Labute approximate surface area is 230 Å². The molecule has 0 bridgehead atoms. The first-order valence-electron chi connectivity index (χ1n) is 12.5. The molecule has 4 aromatic rings. The Morgan fingerprint density at radius 2 is 1.73 bits per heavy atom. The van der Waals surface area contributed by atoms with E-state index in [4.69, 9.17) is 4.74 Å². The average molecular weight is 536 g/mol. The molecule has 3 aromatic carbocycles. The number of aliphatic hydroxyl groups is 1. The predicted octanol–water partition coefficient (Wildman–Crippen LogP) is 5.50. The van der Waals surface area contributed by atoms with Gasteiger partial charge in [0.25, 0.3) is 17.4 Å². The normalized spacial score (nSPS) is 16.2. The SMILES string of the molecule is Cc1cccc(COc2ccc(/C(O)=C3\C(=O)C(=O)N(Cc4cccnc4)[C@H]3c3ccc([N+](=O)[O-])cc3)cc2)c1. The fourth-order valence-corrected chi connectivity index (χ4v) is 4.69. The molecule has 9 nitrogen and oxygen atoms in total. The number of nitrogens with zero attached hydrogens (tertiary/aromatic N) is 3. The second kappa shape index (κ2) is 11.2. The van der Waals surface area contributed by atoms with Gasteiger partial charge < -0.3 is 14.7 Å². The molecule has 0 aliphatic carbocycles. The molecule has 1 aliphatic heterocycles. The summed E-state index contributed by atoms with van der Waals surface area (Å²) in [5, 5.41) is 22.5. The van der Waals surface area contributed by atoms with Crippen LogP contribution in [0, 0.1) is 17.0 Å². The molecule has 0 radical (unpaired) electrons. The number of amides is 1. The first kappa shape index (κ1) is 26.3. The molecule has 0 unspecified atom stereocenters. The van der Waals surface area contributed by atoms with Gasteiger partial charge >= 0.3 is 0 Å². The van der Waals surface area contributed by atoms with E-state index in [1.807, 2.05) is 31.2 Å². The van der Waals surface area contributed by atoms with Crippen LogP contribution in [-0.2, 0) is 22.7 Å². The number of benzene rings is 3. The highest BCUT2D eigenvalue weighted by atomic mass is 16.6. The Balaban J connectivity index is 1.48. The smallest absolute Gasteiger partial charge is 0.295 e. The number of nitro groups is 1. The van der Waals surface area contributed by atoms with Crippen LogP contribution < -0.4 is 4.74 Å². The number of nitro benzene ring substituents is 1. The third-order valence-corrected chi connectivity index (χ3v) is 6.65. The van der Waals surface area contributed by atoms with E-state index < -0.39 is 22.7 Å². The van der Waals surface area contributed by atoms with Crippen LogP contribution in [0.3, 0.4) is 0 Å². The second-order valence-corrected chi connectivity index (χ2v) is 9.44. The van der Waals surface area contributed by atoms with Crippen molar-refractivity contribution in [1.29, 1.82) is 0 Å².